The summed E-state index contributed by atoms with van der Waals surface area (Å²) >= 11 is 0. The molecule has 0 amide bonds. The molecule has 0 saturated carbocycles. The predicted molar refractivity (Wildman–Crippen MR) is 82.3 cm³/mol. The molecule has 0 radical (unpaired) electrons. The van der Waals surface area contributed by atoms with E-state index >= 15 is 0 Å². The lowest BCUT2D eigenvalue weighted by Crippen LogP contribution is -2.29. The monoisotopic (exact) mass is 270 g/mol. The zero-order chi connectivity index (χ0) is 14.1. The minimum Gasteiger partial charge on any atom is -0.340 e. The average molecular weight is 270 g/mol. The van der Waals surface area contributed by atoms with E-state index in [1.54, 1.807) is 0 Å². The summed E-state index contributed by atoms with van der Waals surface area (Å²) in [4.78, 5) is 7.10. The summed E-state index contributed by atoms with van der Waals surface area (Å²) in [5, 5.41) is 0. The third kappa shape index (κ3) is 2.31. The van der Waals surface area contributed by atoms with Crippen LogP contribution in [0.3, 0.4) is 0 Å². The van der Waals surface area contributed by atoms with Crippen molar-refractivity contribution in [3.63, 3.8) is 0 Å². The summed E-state index contributed by atoms with van der Waals surface area (Å²) in [7, 11) is 0. The van der Waals surface area contributed by atoms with Crippen molar-refractivity contribution in [1.29, 1.82) is 0 Å². The van der Waals surface area contributed by atoms with Crippen LogP contribution in [-0.4, -0.2) is 28.7 Å². The Labute approximate surface area is 120 Å². The van der Waals surface area contributed by atoms with Crippen LogP contribution in [-0.2, 0) is 6.42 Å². The van der Waals surface area contributed by atoms with Crippen molar-refractivity contribution in [2.45, 2.75) is 26.3 Å². The van der Waals surface area contributed by atoms with Gasteiger partial charge in [0.05, 0.1) is 5.69 Å². The molecule has 2 N–H and O–H groups in total. The number of nitrogens with zero attached hydrogens (tertiary/aromatic N) is 3. The Morgan fingerprint density at radius 3 is 2.60 bits per heavy atom. The highest BCUT2D eigenvalue weighted by Crippen LogP contribution is 2.25. The van der Waals surface area contributed by atoms with Crippen LogP contribution in [0.1, 0.15) is 19.5 Å². The minimum absolute atomic E-state index is 0.237. The van der Waals surface area contributed by atoms with Gasteiger partial charge in [0.15, 0.2) is 0 Å². The second-order valence-electron chi connectivity index (χ2n) is 5.64. The second-order valence-corrected chi connectivity index (χ2v) is 5.64. The van der Waals surface area contributed by atoms with Gasteiger partial charge >= 0.3 is 0 Å². The van der Waals surface area contributed by atoms with Gasteiger partial charge in [0, 0.05) is 31.0 Å². The summed E-state index contributed by atoms with van der Waals surface area (Å²) in [6, 6.07) is 10.6. The van der Waals surface area contributed by atoms with Crippen molar-refractivity contribution in [2.24, 2.45) is 11.7 Å². The summed E-state index contributed by atoms with van der Waals surface area (Å²) < 4.78 is 2.18. The fraction of sp³-hybridized carbons (Fsp3) is 0.438. The molecule has 4 nitrogen and oxygen atoms in total. The maximum Gasteiger partial charge on any atom is 0.210 e. The molecule has 3 rings (SSSR count). The molecule has 1 aromatic heterocycles. The number of benzene rings is 1. The highest BCUT2D eigenvalue weighted by Gasteiger charge is 2.29. The van der Waals surface area contributed by atoms with Gasteiger partial charge in [0.1, 0.15) is 0 Å². The van der Waals surface area contributed by atoms with Gasteiger partial charge in [-0.05, 0) is 24.5 Å². The number of anilines is 1. The lowest BCUT2D eigenvalue weighted by Gasteiger charge is -2.18. The first-order chi connectivity index (χ1) is 9.69. The van der Waals surface area contributed by atoms with Crippen molar-refractivity contribution in [2.75, 3.05) is 18.0 Å². The Balaban J connectivity index is 2.00. The molecule has 1 fully saturated rings. The molecule has 0 spiro atoms. The fourth-order valence-corrected chi connectivity index (χ4v) is 2.75. The van der Waals surface area contributed by atoms with E-state index in [4.69, 9.17) is 10.7 Å². The summed E-state index contributed by atoms with van der Waals surface area (Å²) in [5.41, 5.74) is 8.43. The van der Waals surface area contributed by atoms with E-state index in [2.05, 4.69) is 53.8 Å². The van der Waals surface area contributed by atoms with Crippen LogP contribution in [0, 0.1) is 5.92 Å². The van der Waals surface area contributed by atoms with Crippen LogP contribution in [0.15, 0.2) is 36.5 Å². The van der Waals surface area contributed by atoms with Gasteiger partial charge in [0.25, 0.3) is 0 Å². The molecule has 4 heteroatoms. The van der Waals surface area contributed by atoms with Gasteiger partial charge in [-0.25, -0.2) is 4.98 Å². The van der Waals surface area contributed by atoms with Crippen LogP contribution >= 0.6 is 0 Å². The van der Waals surface area contributed by atoms with E-state index in [0.717, 1.165) is 36.8 Å². The first-order valence-electron chi connectivity index (χ1n) is 7.33. The number of hydrogen-bond donors (Lipinski definition) is 1. The minimum atomic E-state index is 0.237. The van der Waals surface area contributed by atoms with E-state index in [1.165, 1.54) is 0 Å². The van der Waals surface area contributed by atoms with E-state index in [1.807, 2.05) is 6.07 Å². The van der Waals surface area contributed by atoms with Crippen molar-refractivity contribution in [3.05, 3.63) is 42.2 Å². The highest BCUT2D eigenvalue weighted by molar-refractivity contribution is 5.46. The molecule has 0 bridgehead atoms. The van der Waals surface area contributed by atoms with Gasteiger partial charge in [-0.3, -0.25) is 4.57 Å². The largest absolute Gasteiger partial charge is 0.340 e. The predicted octanol–water partition coefficient (Wildman–Crippen LogP) is 2.22. The topological polar surface area (TPSA) is 47.1 Å². The van der Waals surface area contributed by atoms with Crippen molar-refractivity contribution in [3.8, 4) is 5.69 Å². The fourth-order valence-electron chi connectivity index (χ4n) is 2.75. The SMILES string of the molecule is CCc1cn(-c2ccccc2)c(N2CC(C)C(N)C2)n1. The number of hydrogen-bond acceptors (Lipinski definition) is 3. The number of aryl methyl sites for hydroxylation is 1. The van der Waals surface area contributed by atoms with Gasteiger partial charge < -0.3 is 10.6 Å². The Morgan fingerprint density at radius 2 is 2.00 bits per heavy atom. The van der Waals surface area contributed by atoms with Gasteiger partial charge in [-0.15, -0.1) is 0 Å². The van der Waals surface area contributed by atoms with Crippen LogP contribution in [0.4, 0.5) is 5.95 Å². The maximum atomic E-state index is 6.16. The van der Waals surface area contributed by atoms with Gasteiger partial charge in [-0.1, -0.05) is 32.0 Å². The molecule has 2 unspecified atom stereocenters. The number of imidazole rings is 1. The molecular weight excluding hydrogens is 248 g/mol. The Kier molecular flexibility index (Phi) is 3.49. The summed E-state index contributed by atoms with van der Waals surface area (Å²) in [5.74, 6) is 1.54. The van der Waals surface area contributed by atoms with Crippen molar-refractivity contribution < 1.29 is 0 Å². The van der Waals surface area contributed by atoms with Crippen LogP contribution in [0.25, 0.3) is 5.69 Å². The van der Waals surface area contributed by atoms with Crippen LogP contribution in [0.5, 0.6) is 0 Å². The van der Waals surface area contributed by atoms with E-state index in [0.29, 0.717) is 5.92 Å². The summed E-state index contributed by atoms with van der Waals surface area (Å²) in [6.45, 7) is 6.21. The number of aromatic nitrogens is 2. The lowest BCUT2D eigenvalue weighted by molar-refractivity contribution is 0.565. The molecular formula is C16H22N4. The Morgan fingerprint density at radius 1 is 1.25 bits per heavy atom. The highest BCUT2D eigenvalue weighted by atomic mass is 15.3. The van der Waals surface area contributed by atoms with Crippen molar-refractivity contribution in [1.82, 2.24) is 9.55 Å². The molecule has 1 aromatic carbocycles. The molecule has 1 aliphatic rings. The second kappa shape index (κ2) is 5.29. The van der Waals surface area contributed by atoms with E-state index in [-0.39, 0.29) is 6.04 Å². The first kappa shape index (κ1) is 13.2. The number of nitrogens with two attached hydrogens (primary N) is 1. The maximum absolute atomic E-state index is 6.16. The quantitative estimate of drug-likeness (QED) is 0.930. The molecule has 2 atom stereocenters. The number of rotatable bonds is 3. The molecule has 106 valence electrons. The van der Waals surface area contributed by atoms with Crippen molar-refractivity contribution >= 4 is 5.95 Å². The van der Waals surface area contributed by atoms with Crippen LogP contribution in [0.2, 0.25) is 0 Å². The Bertz CT molecular complexity index is 565. The standard InChI is InChI=1S/C16H22N4/c1-3-13-10-20(14-7-5-4-6-8-14)16(18-13)19-9-12(2)15(17)11-19/h4-8,10,12,15H,3,9,11,17H2,1-2H3. The smallest absolute Gasteiger partial charge is 0.210 e. The molecule has 2 aromatic rings. The molecule has 2 heterocycles. The summed E-state index contributed by atoms with van der Waals surface area (Å²) in [6.07, 6.45) is 3.08. The zero-order valence-corrected chi connectivity index (χ0v) is 12.2. The normalized spacial score (nSPS) is 22.4. The third-order valence-corrected chi connectivity index (χ3v) is 4.09. The third-order valence-electron chi connectivity index (χ3n) is 4.09. The molecule has 0 aliphatic carbocycles. The zero-order valence-electron chi connectivity index (χ0n) is 12.2. The lowest BCUT2D eigenvalue weighted by atomic mass is 10.1. The van der Waals surface area contributed by atoms with Crippen LogP contribution < -0.4 is 10.6 Å². The number of para-hydroxylation sites is 1. The van der Waals surface area contributed by atoms with E-state index < -0.39 is 0 Å². The first-order valence-corrected chi connectivity index (χ1v) is 7.33. The van der Waals surface area contributed by atoms with E-state index in [9.17, 15) is 0 Å². The molecule has 20 heavy (non-hydrogen) atoms. The average Bonchev–Trinajstić information content (AvgIpc) is 3.04. The molecule has 1 saturated heterocycles. The van der Waals surface area contributed by atoms with Gasteiger partial charge in [0.2, 0.25) is 5.95 Å². The van der Waals surface area contributed by atoms with Gasteiger partial charge in [-0.2, -0.15) is 0 Å². The Hall–Kier alpha value is -1.81. The molecule has 1 aliphatic heterocycles.